The summed E-state index contributed by atoms with van der Waals surface area (Å²) in [5.41, 5.74) is 0. The molecule has 0 radical (unpaired) electrons. The van der Waals surface area contributed by atoms with E-state index in [-0.39, 0.29) is 5.83 Å². The molecule has 0 fully saturated rings. The molecule has 1 aliphatic rings. The average Bonchev–Trinajstić information content (AvgIpc) is 2.08. The molecule has 0 saturated heterocycles. The largest absolute Gasteiger partial charge is 0.359 e. The summed E-state index contributed by atoms with van der Waals surface area (Å²) in [6, 6.07) is 0. The summed E-state index contributed by atoms with van der Waals surface area (Å²) >= 11 is 6.64. The van der Waals surface area contributed by atoms with Crippen LogP contribution in [0.4, 0.5) is 4.39 Å². The van der Waals surface area contributed by atoms with Gasteiger partial charge in [-0.05, 0) is 34.2 Å². The van der Waals surface area contributed by atoms with E-state index in [2.05, 4.69) is 31.9 Å². The molecule has 1 rings (SSSR count). The third-order valence-corrected chi connectivity index (χ3v) is 2.63. The topological polar surface area (TPSA) is 9.23 Å². The van der Waals surface area contributed by atoms with E-state index in [0.717, 1.165) is 5.33 Å². The number of alkyl halides is 2. The lowest BCUT2D eigenvalue weighted by molar-refractivity contribution is 0.0785. The van der Waals surface area contributed by atoms with Crippen LogP contribution in [-0.4, -0.2) is 16.4 Å². The van der Waals surface area contributed by atoms with Crippen molar-refractivity contribution in [3.63, 3.8) is 0 Å². The zero-order valence-corrected chi connectivity index (χ0v) is 9.57. The fraction of sp³-hybridized carbons (Fsp3) is 0.500. The van der Waals surface area contributed by atoms with E-state index < -0.39 is 4.51 Å². The first-order valence-corrected chi connectivity index (χ1v) is 5.51. The number of hydrogen-bond acceptors (Lipinski definition) is 1. The summed E-state index contributed by atoms with van der Waals surface area (Å²) in [4.78, 5) is 0. The Bertz CT molecular complexity index is 215. The molecule has 0 aromatic rings. The molecule has 12 heavy (non-hydrogen) atoms. The van der Waals surface area contributed by atoms with Gasteiger partial charge < -0.3 is 4.74 Å². The van der Waals surface area contributed by atoms with Crippen molar-refractivity contribution in [2.75, 3.05) is 11.9 Å². The van der Waals surface area contributed by atoms with Gasteiger partial charge in [0.05, 0.1) is 6.61 Å². The summed E-state index contributed by atoms with van der Waals surface area (Å²) in [5, 5.41) is 0.778. The Morgan fingerprint density at radius 3 is 2.92 bits per heavy atom. The molecule has 0 aromatic carbocycles. The molecular formula is C8H9Br2FO. The number of hydrogen-bond donors (Lipinski definition) is 0. The number of ether oxygens (including phenoxy) is 1. The minimum atomic E-state index is -0.504. The Balaban J connectivity index is 2.47. The molecular weight excluding hydrogens is 291 g/mol. The lowest BCUT2D eigenvalue weighted by atomic mass is 10.1. The Labute approximate surface area is 87.9 Å². The first kappa shape index (κ1) is 10.4. The predicted molar refractivity (Wildman–Crippen MR) is 54.4 cm³/mol. The lowest BCUT2D eigenvalue weighted by Crippen LogP contribution is -2.24. The summed E-state index contributed by atoms with van der Waals surface area (Å²) in [6.07, 6.45) is 5.13. The van der Waals surface area contributed by atoms with Gasteiger partial charge in [0, 0.05) is 11.8 Å². The van der Waals surface area contributed by atoms with Crippen molar-refractivity contribution in [3.8, 4) is 0 Å². The van der Waals surface area contributed by atoms with Gasteiger partial charge in [0.2, 0.25) is 0 Å². The van der Waals surface area contributed by atoms with Crippen LogP contribution in [0.1, 0.15) is 6.42 Å². The van der Waals surface area contributed by atoms with E-state index in [4.69, 9.17) is 4.74 Å². The Morgan fingerprint density at radius 2 is 2.42 bits per heavy atom. The van der Waals surface area contributed by atoms with Crippen LogP contribution < -0.4 is 0 Å². The van der Waals surface area contributed by atoms with Crippen LogP contribution in [0.25, 0.3) is 0 Å². The molecule has 0 spiro atoms. The highest BCUT2D eigenvalue weighted by Gasteiger charge is 2.25. The third kappa shape index (κ3) is 2.99. The summed E-state index contributed by atoms with van der Waals surface area (Å²) in [5.74, 6) is -0.201. The smallest absolute Gasteiger partial charge is 0.145 e. The van der Waals surface area contributed by atoms with Crippen molar-refractivity contribution >= 4 is 31.9 Å². The number of allylic oxidation sites excluding steroid dienone is 2. The minimum Gasteiger partial charge on any atom is -0.359 e. The van der Waals surface area contributed by atoms with Crippen molar-refractivity contribution < 1.29 is 9.13 Å². The second kappa shape index (κ2) is 4.53. The van der Waals surface area contributed by atoms with E-state index in [1.54, 1.807) is 6.08 Å². The van der Waals surface area contributed by atoms with Gasteiger partial charge in [-0.15, -0.1) is 0 Å². The summed E-state index contributed by atoms with van der Waals surface area (Å²) < 4.78 is 17.5. The van der Waals surface area contributed by atoms with Crippen LogP contribution >= 0.6 is 31.9 Å². The van der Waals surface area contributed by atoms with E-state index in [9.17, 15) is 4.39 Å². The molecule has 0 amide bonds. The first-order valence-electron chi connectivity index (χ1n) is 3.60. The van der Waals surface area contributed by atoms with Gasteiger partial charge in [-0.25, -0.2) is 4.39 Å². The van der Waals surface area contributed by atoms with Gasteiger partial charge in [-0.3, -0.25) is 0 Å². The van der Waals surface area contributed by atoms with Crippen molar-refractivity contribution in [2.45, 2.75) is 10.9 Å². The SMILES string of the molecule is FC1=CCC(Br)(OCCBr)C=C1. The van der Waals surface area contributed by atoms with Crippen LogP contribution in [0.2, 0.25) is 0 Å². The van der Waals surface area contributed by atoms with Crippen LogP contribution in [0.5, 0.6) is 0 Å². The van der Waals surface area contributed by atoms with Gasteiger partial charge in [-0.1, -0.05) is 15.9 Å². The van der Waals surface area contributed by atoms with E-state index in [0.29, 0.717) is 13.0 Å². The van der Waals surface area contributed by atoms with Crippen molar-refractivity contribution in [1.29, 1.82) is 0 Å². The molecule has 0 aliphatic heterocycles. The Kier molecular flexibility index (Phi) is 3.93. The van der Waals surface area contributed by atoms with Gasteiger partial charge in [0.15, 0.2) is 0 Å². The predicted octanol–water partition coefficient (Wildman–Crippen LogP) is 3.30. The molecule has 68 valence electrons. The summed E-state index contributed by atoms with van der Waals surface area (Å²) in [7, 11) is 0. The molecule has 1 atom stereocenters. The molecule has 0 heterocycles. The fourth-order valence-electron chi connectivity index (χ4n) is 0.892. The van der Waals surface area contributed by atoms with Gasteiger partial charge in [0.25, 0.3) is 0 Å². The quantitative estimate of drug-likeness (QED) is 0.727. The Morgan fingerprint density at radius 1 is 1.67 bits per heavy atom. The normalized spacial score (nSPS) is 28.8. The van der Waals surface area contributed by atoms with Crippen LogP contribution in [0, 0.1) is 0 Å². The summed E-state index contributed by atoms with van der Waals surface area (Å²) in [6.45, 7) is 0.602. The second-order valence-electron chi connectivity index (χ2n) is 2.45. The van der Waals surface area contributed by atoms with E-state index in [1.807, 2.05) is 0 Å². The molecule has 0 bridgehead atoms. The van der Waals surface area contributed by atoms with Gasteiger partial charge >= 0.3 is 0 Å². The molecule has 0 saturated carbocycles. The van der Waals surface area contributed by atoms with E-state index >= 15 is 0 Å². The Hall–Kier alpha value is 0.330. The monoisotopic (exact) mass is 298 g/mol. The third-order valence-electron chi connectivity index (χ3n) is 1.49. The first-order chi connectivity index (χ1) is 5.66. The molecule has 0 aromatic heterocycles. The van der Waals surface area contributed by atoms with Crippen molar-refractivity contribution in [3.05, 3.63) is 24.1 Å². The highest BCUT2D eigenvalue weighted by Crippen LogP contribution is 2.31. The zero-order chi connectivity index (χ0) is 9.03. The zero-order valence-electron chi connectivity index (χ0n) is 6.40. The fourth-order valence-corrected chi connectivity index (χ4v) is 1.51. The van der Waals surface area contributed by atoms with Gasteiger partial charge in [0.1, 0.15) is 10.3 Å². The molecule has 1 nitrogen and oxygen atoms in total. The highest BCUT2D eigenvalue weighted by molar-refractivity contribution is 9.10. The molecule has 1 aliphatic carbocycles. The molecule has 1 unspecified atom stereocenters. The molecule has 4 heteroatoms. The van der Waals surface area contributed by atoms with Gasteiger partial charge in [-0.2, -0.15) is 0 Å². The number of halogens is 3. The van der Waals surface area contributed by atoms with Crippen molar-refractivity contribution in [1.82, 2.24) is 0 Å². The van der Waals surface area contributed by atoms with Crippen LogP contribution in [-0.2, 0) is 4.74 Å². The standard InChI is InChI=1S/C8H9Br2FO/c9-5-6-12-8(10)3-1-7(11)2-4-8/h1-3H,4-6H2. The van der Waals surface area contributed by atoms with Crippen LogP contribution in [0.3, 0.4) is 0 Å². The maximum Gasteiger partial charge on any atom is 0.145 e. The highest BCUT2D eigenvalue weighted by atomic mass is 79.9. The molecule has 0 N–H and O–H groups in total. The van der Waals surface area contributed by atoms with Crippen LogP contribution in [0.15, 0.2) is 24.1 Å². The maximum absolute atomic E-state index is 12.5. The van der Waals surface area contributed by atoms with Crippen molar-refractivity contribution in [2.24, 2.45) is 0 Å². The lowest BCUT2D eigenvalue weighted by Gasteiger charge is -2.24. The second-order valence-corrected chi connectivity index (χ2v) is 4.59. The maximum atomic E-state index is 12.5. The number of rotatable bonds is 3. The average molecular weight is 300 g/mol. The van der Waals surface area contributed by atoms with E-state index in [1.165, 1.54) is 12.2 Å². The minimum absolute atomic E-state index is 0.201.